The Kier molecular flexibility index (Phi) is 4.08. The summed E-state index contributed by atoms with van der Waals surface area (Å²) < 4.78 is 0. The van der Waals surface area contributed by atoms with Crippen LogP contribution in [0.25, 0.3) is 0 Å². The normalized spacial score (nSPS) is 18.3. The number of aromatic nitrogens is 1. The summed E-state index contributed by atoms with van der Waals surface area (Å²) in [6.07, 6.45) is 6.01. The maximum atomic E-state index is 12.3. The van der Waals surface area contributed by atoms with Crippen LogP contribution in [0.2, 0.25) is 0 Å². The Balaban J connectivity index is 2.06. The fraction of sp³-hybridized carbons (Fsp3) is 0.600. The van der Waals surface area contributed by atoms with Crippen molar-refractivity contribution in [2.24, 2.45) is 5.41 Å². The summed E-state index contributed by atoms with van der Waals surface area (Å²) in [4.78, 5) is 28.0. The van der Waals surface area contributed by atoms with E-state index in [1.54, 1.807) is 6.07 Å². The maximum Gasteiger partial charge on any atom is 0.254 e. The average molecular weight is 262 g/mol. The van der Waals surface area contributed by atoms with Gasteiger partial charge in [-0.05, 0) is 24.3 Å². The molecule has 2 rings (SSSR count). The molecular formula is C15H22N2O2. The molecule has 0 saturated carbocycles. The van der Waals surface area contributed by atoms with Crippen molar-refractivity contribution in [3.05, 3.63) is 34.2 Å². The number of nitrogens with one attached hydrogen (secondary N) is 1. The molecule has 0 radical (unpaired) electrons. The number of likely N-dealkylation sites (tertiary alicyclic amines) is 1. The number of piperidine rings is 1. The summed E-state index contributed by atoms with van der Waals surface area (Å²) in [5, 5.41) is 0. The van der Waals surface area contributed by atoms with Gasteiger partial charge >= 0.3 is 0 Å². The van der Waals surface area contributed by atoms with Crippen molar-refractivity contribution < 1.29 is 4.79 Å². The van der Waals surface area contributed by atoms with E-state index in [0.717, 1.165) is 25.9 Å². The third-order valence-corrected chi connectivity index (χ3v) is 4.63. The SMILES string of the molecule is CCC1(CC)CCN(C(=O)c2cc[nH]c(=O)c2)CC1. The lowest BCUT2D eigenvalue weighted by Gasteiger charge is -2.41. The fourth-order valence-electron chi connectivity index (χ4n) is 2.90. The lowest BCUT2D eigenvalue weighted by atomic mass is 9.74. The molecule has 0 aliphatic carbocycles. The van der Waals surface area contributed by atoms with Gasteiger partial charge in [0.25, 0.3) is 5.91 Å². The van der Waals surface area contributed by atoms with E-state index in [9.17, 15) is 9.59 Å². The number of H-pyrrole nitrogens is 1. The van der Waals surface area contributed by atoms with Gasteiger partial charge in [0.05, 0.1) is 0 Å². The first-order valence-electron chi connectivity index (χ1n) is 7.08. The molecule has 0 aromatic carbocycles. The van der Waals surface area contributed by atoms with Gasteiger partial charge in [-0.25, -0.2) is 0 Å². The minimum atomic E-state index is -0.223. The van der Waals surface area contributed by atoms with Crippen molar-refractivity contribution >= 4 is 5.91 Å². The Morgan fingerprint density at radius 2 is 1.95 bits per heavy atom. The Bertz CT molecular complexity index is 493. The van der Waals surface area contributed by atoms with Crippen LogP contribution < -0.4 is 5.56 Å². The second-order valence-corrected chi connectivity index (χ2v) is 5.44. The Hall–Kier alpha value is -1.58. The molecule has 1 aliphatic heterocycles. The number of carbonyl (C=O) groups excluding carboxylic acids is 1. The van der Waals surface area contributed by atoms with Gasteiger partial charge in [0.2, 0.25) is 5.56 Å². The number of hydrogen-bond acceptors (Lipinski definition) is 2. The summed E-state index contributed by atoms with van der Waals surface area (Å²) >= 11 is 0. The fourth-order valence-corrected chi connectivity index (χ4v) is 2.90. The second-order valence-electron chi connectivity index (χ2n) is 5.44. The van der Waals surface area contributed by atoms with Crippen LogP contribution in [0.15, 0.2) is 23.1 Å². The quantitative estimate of drug-likeness (QED) is 0.909. The lowest BCUT2D eigenvalue weighted by Crippen LogP contribution is -2.43. The van der Waals surface area contributed by atoms with E-state index in [0.29, 0.717) is 11.0 Å². The third kappa shape index (κ3) is 2.88. The number of carbonyl (C=O) groups is 1. The zero-order valence-electron chi connectivity index (χ0n) is 11.7. The van der Waals surface area contributed by atoms with Gasteiger partial charge in [0.1, 0.15) is 0 Å². The van der Waals surface area contributed by atoms with E-state index in [4.69, 9.17) is 0 Å². The maximum absolute atomic E-state index is 12.3. The van der Waals surface area contributed by atoms with E-state index in [1.165, 1.54) is 25.1 Å². The molecule has 0 atom stereocenters. The number of nitrogens with zero attached hydrogens (tertiary/aromatic N) is 1. The van der Waals surface area contributed by atoms with E-state index < -0.39 is 0 Å². The number of pyridine rings is 1. The van der Waals surface area contributed by atoms with Crippen LogP contribution in [0.1, 0.15) is 49.9 Å². The predicted octanol–water partition coefficient (Wildman–Crippen LogP) is 2.42. The van der Waals surface area contributed by atoms with Crippen molar-refractivity contribution in [2.75, 3.05) is 13.1 Å². The molecule has 1 aliphatic rings. The van der Waals surface area contributed by atoms with Crippen LogP contribution in [0.3, 0.4) is 0 Å². The Labute approximate surface area is 113 Å². The molecule has 0 spiro atoms. The molecule has 19 heavy (non-hydrogen) atoms. The van der Waals surface area contributed by atoms with Gasteiger partial charge in [0.15, 0.2) is 0 Å². The third-order valence-electron chi connectivity index (χ3n) is 4.63. The zero-order valence-corrected chi connectivity index (χ0v) is 11.7. The standard InChI is InChI=1S/C15H22N2O2/c1-3-15(4-2)6-9-17(10-7-15)14(19)12-5-8-16-13(18)11-12/h5,8,11H,3-4,6-7,9-10H2,1-2H3,(H,16,18). The number of amides is 1. The van der Waals surface area contributed by atoms with Crippen molar-refractivity contribution in [2.45, 2.75) is 39.5 Å². The molecule has 4 heteroatoms. The van der Waals surface area contributed by atoms with Gasteiger partial charge in [0, 0.05) is 30.9 Å². The molecular weight excluding hydrogens is 240 g/mol. The smallest absolute Gasteiger partial charge is 0.254 e. The van der Waals surface area contributed by atoms with E-state index >= 15 is 0 Å². The molecule has 0 unspecified atom stereocenters. The first-order valence-corrected chi connectivity index (χ1v) is 7.08. The highest BCUT2D eigenvalue weighted by molar-refractivity contribution is 5.94. The molecule has 1 saturated heterocycles. The van der Waals surface area contributed by atoms with Gasteiger partial charge in [-0.3, -0.25) is 9.59 Å². The van der Waals surface area contributed by atoms with E-state index in [2.05, 4.69) is 18.8 Å². The summed E-state index contributed by atoms with van der Waals surface area (Å²) in [5.41, 5.74) is 0.675. The molecule has 1 fully saturated rings. The molecule has 1 amide bonds. The first kappa shape index (κ1) is 13.8. The van der Waals surface area contributed by atoms with Gasteiger partial charge < -0.3 is 9.88 Å². The van der Waals surface area contributed by atoms with Crippen LogP contribution >= 0.6 is 0 Å². The highest BCUT2D eigenvalue weighted by Gasteiger charge is 2.33. The van der Waals surface area contributed by atoms with Crippen LogP contribution in [0.4, 0.5) is 0 Å². The Morgan fingerprint density at radius 3 is 2.47 bits per heavy atom. The van der Waals surface area contributed by atoms with Crippen molar-refractivity contribution in [1.82, 2.24) is 9.88 Å². The molecule has 0 bridgehead atoms. The van der Waals surface area contributed by atoms with Crippen molar-refractivity contribution in [3.8, 4) is 0 Å². The van der Waals surface area contributed by atoms with Crippen LogP contribution in [0, 0.1) is 5.41 Å². The highest BCUT2D eigenvalue weighted by Crippen LogP contribution is 2.38. The minimum Gasteiger partial charge on any atom is -0.339 e. The van der Waals surface area contributed by atoms with Gasteiger partial charge in [-0.15, -0.1) is 0 Å². The molecule has 1 aromatic heterocycles. The van der Waals surface area contributed by atoms with Gasteiger partial charge in [-0.2, -0.15) is 0 Å². The van der Waals surface area contributed by atoms with E-state index in [1.807, 2.05) is 4.90 Å². The average Bonchev–Trinajstić information content (AvgIpc) is 2.46. The van der Waals surface area contributed by atoms with Crippen molar-refractivity contribution in [1.29, 1.82) is 0 Å². The molecule has 1 aromatic rings. The predicted molar refractivity (Wildman–Crippen MR) is 75.2 cm³/mol. The topological polar surface area (TPSA) is 53.2 Å². The number of aromatic amines is 1. The monoisotopic (exact) mass is 262 g/mol. The summed E-state index contributed by atoms with van der Waals surface area (Å²) in [6, 6.07) is 3.05. The molecule has 2 heterocycles. The van der Waals surface area contributed by atoms with Gasteiger partial charge in [-0.1, -0.05) is 26.7 Å². The van der Waals surface area contributed by atoms with Crippen molar-refractivity contribution in [3.63, 3.8) is 0 Å². The first-order chi connectivity index (χ1) is 9.10. The molecule has 1 N–H and O–H groups in total. The van der Waals surface area contributed by atoms with E-state index in [-0.39, 0.29) is 11.5 Å². The highest BCUT2D eigenvalue weighted by atomic mass is 16.2. The van der Waals surface area contributed by atoms with Crippen LogP contribution in [0.5, 0.6) is 0 Å². The van der Waals surface area contributed by atoms with Crippen LogP contribution in [-0.2, 0) is 0 Å². The molecule has 4 nitrogen and oxygen atoms in total. The molecule has 104 valence electrons. The zero-order chi connectivity index (χ0) is 13.9. The summed E-state index contributed by atoms with van der Waals surface area (Å²) in [5.74, 6) is -0.0214. The largest absolute Gasteiger partial charge is 0.339 e. The van der Waals surface area contributed by atoms with Crippen LogP contribution in [-0.4, -0.2) is 28.9 Å². The summed E-state index contributed by atoms with van der Waals surface area (Å²) in [7, 11) is 0. The lowest BCUT2D eigenvalue weighted by molar-refractivity contribution is 0.0557. The minimum absolute atomic E-state index is 0.0214. The number of rotatable bonds is 3. The number of hydrogen-bond donors (Lipinski definition) is 1. The summed E-state index contributed by atoms with van der Waals surface area (Å²) in [6.45, 7) is 6.07. The Morgan fingerprint density at radius 1 is 1.32 bits per heavy atom. The second kappa shape index (κ2) is 5.59.